The molecule has 0 aromatic heterocycles. The molecular weight excluding hydrogens is 680 g/mol. The molecule has 1 saturated heterocycles. The summed E-state index contributed by atoms with van der Waals surface area (Å²) in [6.07, 6.45) is 4.50. The van der Waals surface area contributed by atoms with Gasteiger partial charge >= 0.3 is 6.09 Å². The van der Waals surface area contributed by atoms with E-state index in [1.807, 2.05) is 24.3 Å². The van der Waals surface area contributed by atoms with Gasteiger partial charge in [0.25, 0.3) is 5.91 Å². The average Bonchev–Trinajstić information content (AvgIpc) is 3.96. The molecule has 16 heteroatoms. The zero-order valence-corrected chi connectivity index (χ0v) is 29.9. The maximum atomic E-state index is 14.4. The van der Waals surface area contributed by atoms with Crippen molar-refractivity contribution in [1.82, 2.24) is 25.2 Å². The second-order valence-corrected chi connectivity index (χ2v) is 17.1. The van der Waals surface area contributed by atoms with Crippen molar-refractivity contribution in [2.75, 3.05) is 19.8 Å². The van der Waals surface area contributed by atoms with Crippen molar-refractivity contribution in [1.29, 1.82) is 0 Å². The lowest BCUT2D eigenvalue weighted by Crippen LogP contribution is -2.61. The first kappa shape index (κ1) is 36.5. The highest BCUT2D eigenvalue weighted by molar-refractivity contribution is 7.91. The van der Waals surface area contributed by atoms with E-state index >= 15 is 0 Å². The van der Waals surface area contributed by atoms with Crippen LogP contribution in [0.5, 0.6) is 0 Å². The Bertz CT molecular complexity index is 1770. The Morgan fingerprint density at radius 1 is 1.16 bits per heavy atom. The Balaban J connectivity index is 1.29. The predicted octanol–water partition coefficient (Wildman–Crippen LogP) is 0.679. The number of sulfonamides is 1. The molecule has 276 valence electrons. The third-order valence-corrected chi connectivity index (χ3v) is 12.0. The Kier molecular flexibility index (Phi) is 9.80. The lowest BCUT2D eigenvalue weighted by atomic mass is 9.85. The van der Waals surface area contributed by atoms with E-state index in [-0.39, 0.29) is 39.1 Å². The highest BCUT2D eigenvalue weighted by Gasteiger charge is 2.62. The number of hydrogen-bond acceptors (Lipinski definition) is 10. The summed E-state index contributed by atoms with van der Waals surface area (Å²) in [5, 5.41) is 4.81. The number of amides is 5. The van der Waals surface area contributed by atoms with Crippen LogP contribution in [0.15, 0.2) is 36.9 Å². The van der Waals surface area contributed by atoms with Crippen LogP contribution in [0.4, 0.5) is 4.79 Å². The number of rotatable bonds is 6. The molecule has 3 aliphatic heterocycles. The van der Waals surface area contributed by atoms with E-state index in [0.29, 0.717) is 19.4 Å². The zero-order valence-electron chi connectivity index (χ0n) is 29.1. The van der Waals surface area contributed by atoms with E-state index in [4.69, 9.17) is 15.2 Å². The van der Waals surface area contributed by atoms with E-state index in [1.165, 1.54) is 11.0 Å². The normalized spacial score (nSPS) is 30.0. The molecule has 2 saturated carbocycles. The lowest BCUT2D eigenvalue weighted by molar-refractivity contribution is -0.145. The van der Waals surface area contributed by atoms with Crippen molar-refractivity contribution in [3.05, 3.63) is 53.6 Å². The molecule has 2 aliphatic carbocycles. The number of carbonyl (C=O) groups is 5. The van der Waals surface area contributed by atoms with Crippen molar-refractivity contribution in [2.45, 2.75) is 94.6 Å². The van der Waals surface area contributed by atoms with Gasteiger partial charge < -0.3 is 30.7 Å². The van der Waals surface area contributed by atoms with E-state index in [2.05, 4.69) is 21.9 Å². The van der Waals surface area contributed by atoms with Gasteiger partial charge in [-0.15, -0.1) is 6.58 Å². The summed E-state index contributed by atoms with van der Waals surface area (Å²) in [4.78, 5) is 71.6. The third-order valence-electron chi connectivity index (χ3n) is 10.2. The molecule has 5 aliphatic rings. The summed E-state index contributed by atoms with van der Waals surface area (Å²) in [6.45, 7) is 9.46. The summed E-state index contributed by atoms with van der Waals surface area (Å²) in [6, 6.07) is 2.25. The first-order valence-electron chi connectivity index (χ1n) is 17.2. The van der Waals surface area contributed by atoms with Gasteiger partial charge in [-0.1, -0.05) is 57.2 Å². The van der Waals surface area contributed by atoms with Gasteiger partial charge in [0.1, 0.15) is 29.8 Å². The highest BCUT2D eigenvalue weighted by atomic mass is 32.2. The van der Waals surface area contributed by atoms with E-state index < -0.39 is 86.1 Å². The summed E-state index contributed by atoms with van der Waals surface area (Å²) >= 11 is 0. The molecule has 4 bridgehead atoms. The van der Waals surface area contributed by atoms with E-state index in [9.17, 15) is 32.4 Å². The number of nitrogens with one attached hydrogen (secondary N) is 3. The number of fused-ring (bicyclic) bond motifs is 3. The van der Waals surface area contributed by atoms with Crippen LogP contribution in [0.1, 0.15) is 63.1 Å². The van der Waals surface area contributed by atoms with Gasteiger partial charge in [-0.25, -0.2) is 13.2 Å². The molecule has 3 heterocycles. The van der Waals surface area contributed by atoms with Crippen LogP contribution in [0.2, 0.25) is 0 Å². The summed E-state index contributed by atoms with van der Waals surface area (Å²) < 4.78 is 39.0. The monoisotopic (exact) mass is 726 g/mol. The standard InChI is InChI=1S/C35H46N6O9S/c1-5-22-15-35(22,32(45)39-51(47,48)24-11-12-24)38-30(43)27-14-23-17-41(27)31(44)28(34(2,3)4)37-29(42)26(36)19-49-13-7-10-20-8-6-9-21-16-40(18-25(20)21)33(46)50-23/h5-10,22-24,26-28H,1,11-19,36H2,2-4H3,(H,37,42)(H,38,43)(H,39,45)/t22-,23-,26+,27+,28-,35-/m1/s1. The van der Waals surface area contributed by atoms with Gasteiger partial charge in [-0.05, 0) is 41.4 Å². The number of nitrogens with two attached hydrogens (primary N) is 1. The molecule has 6 atom stereocenters. The number of nitrogens with zero attached hydrogens (tertiary/aromatic N) is 2. The highest BCUT2D eigenvalue weighted by Crippen LogP contribution is 2.45. The topological polar surface area (TPSA) is 207 Å². The van der Waals surface area contributed by atoms with Crippen LogP contribution in [-0.4, -0.2) is 103 Å². The summed E-state index contributed by atoms with van der Waals surface area (Å²) in [5.74, 6) is -3.41. The van der Waals surface area contributed by atoms with Crippen LogP contribution in [0, 0.1) is 11.3 Å². The largest absolute Gasteiger partial charge is 0.444 e. The SMILES string of the molecule is C=C[C@@H]1C[C@]1(NC(=O)[C@@H]1C[C@@H]2CN1C(=O)[C@H](C(C)(C)C)NC(=O)[C@@H](N)COCC=Cc1cccc3c1CN(C3)C(=O)O2)C(=O)NS(=O)(=O)C1CC1. The molecule has 5 N–H and O–H groups in total. The van der Waals surface area contributed by atoms with Crippen LogP contribution in [0.25, 0.3) is 6.08 Å². The molecule has 15 nitrogen and oxygen atoms in total. The second kappa shape index (κ2) is 13.7. The van der Waals surface area contributed by atoms with Crippen molar-refractivity contribution in [2.24, 2.45) is 17.1 Å². The number of benzene rings is 1. The quantitative estimate of drug-likeness (QED) is 0.302. The Morgan fingerprint density at radius 3 is 2.57 bits per heavy atom. The second-order valence-electron chi connectivity index (χ2n) is 15.1. The van der Waals surface area contributed by atoms with Crippen molar-refractivity contribution >= 4 is 45.8 Å². The van der Waals surface area contributed by atoms with E-state index in [1.54, 1.807) is 31.7 Å². The average molecular weight is 727 g/mol. The minimum atomic E-state index is -3.92. The molecule has 3 fully saturated rings. The molecule has 1 aromatic carbocycles. The lowest BCUT2D eigenvalue weighted by Gasteiger charge is -2.36. The van der Waals surface area contributed by atoms with Crippen molar-refractivity contribution in [3.8, 4) is 0 Å². The van der Waals surface area contributed by atoms with E-state index in [0.717, 1.165) is 16.7 Å². The molecule has 51 heavy (non-hydrogen) atoms. The maximum Gasteiger partial charge on any atom is 0.410 e. The van der Waals surface area contributed by atoms with Crippen LogP contribution in [-0.2, 0) is 51.8 Å². The summed E-state index contributed by atoms with van der Waals surface area (Å²) in [7, 11) is -3.92. The van der Waals surface area contributed by atoms with Gasteiger partial charge in [0.15, 0.2) is 0 Å². The molecule has 1 aromatic rings. The minimum absolute atomic E-state index is 0.104. The smallest absolute Gasteiger partial charge is 0.410 e. The molecule has 0 spiro atoms. The molecule has 0 radical (unpaired) electrons. The molecule has 5 amide bonds. The predicted molar refractivity (Wildman–Crippen MR) is 185 cm³/mol. The van der Waals surface area contributed by atoms with Crippen LogP contribution in [0.3, 0.4) is 0 Å². The first-order valence-corrected chi connectivity index (χ1v) is 18.8. The van der Waals surface area contributed by atoms with Gasteiger partial charge in [0, 0.05) is 18.9 Å². The number of carbonyl (C=O) groups excluding carboxylic acids is 5. The maximum absolute atomic E-state index is 14.4. The molecular formula is C35H46N6O9S. The minimum Gasteiger partial charge on any atom is -0.444 e. The Hall–Kier alpha value is -4.28. The van der Waals surface area contributed by atoms with Crippen molar-refractivity contribution < 1.29 is 41.9 Å². The molecule has 6 rings (SSSR count). The molecule has 0 unspecified atom stereocenters. The number of hydrogen-bond donors (Lipinski definition) is 4. The van der Waals surface area contributed by atoms with Crippen LogP contribution >= 0.6 is 0 Å². The van der Waals surface area contributed by atoms with Gasteiger partial charge in [-0.2, -0.15) is 0 Å². The van der Waals surface area contributed by atoms with Crippen LogP contribution < -0.4 is 21.1 Å². The Labute approximate surface area is 297 Å². The fraction of sp³-hybridized carbons (Fsp3) is 0.571. The fourth-order valence-corrected chi connectivity index (χ4v) is 8.29. The Morgan fingerprint density at radius 2 is 1.90 bits per heavy atom. The third kappa shape index (κ3) is 7.53. The van der Waals surface area contributed by atoms with Gasteiger partial charge in [-0.3, -0.25) is 28.8 Å². The number of ether oxygens (including phenoxy) is 2. The zero-order chi connectivity index (χ0) is 36.9. The van der Waals surface area contributed by atoms with Crippen molar-refractivity contribution in [3.63, 3.8) is 0 Å². The van der Waals surface area contributed by atoms with Gasteiger partial charge in [0.05, 0.1) is 31.6 Å². The van der Waals surface area contributed by atoms with Gasteiger partial charge in [0.2, 0.25) is 27.7 Å². The first-order chi connectivity index (χ1) is 24.0. The summed E-state index contributed by atoms with van der Waals surface area (Å²) in [5.41, 5.74) is 6.51. The fourth-order valence-electron chi connectivity index (χ4n) is 6.92.